The molecule has 0 aliphatic heterocycles. The molecule has 0 saturated heterocycles. The van der Waals surface area contributed by atoms with E-state index in [1.165, 1.54) is 96.3 Å². The number of hydrogen-bond acceptors (Lipinski definition) is 6. The molecule has 0 bridgehead atoms. The number of ether oxygens (including phenoxy) is 3. The molecule has 0 aliphatic carbocycles. The molecule has 0 rings (SSSR count). The molecule has 6 heteroatoms. The summed E-state index contributed by atoms with van der Waals surface area (Å²) >= 11 is 0. The van der Waals surface area contributed by atoms with Crippen molar-refractivity contribution in [3.05, 3.63) is 146 Å². The van der Waals surface area contributed by atoms with Crippen LogP contribution in [0.25, 0.3) is 0 Å². The third-order valence-electron chi connectivity index (χ3n) is 11.8. The zero-order chi connectivity index (χ0) is 52.9. The van der Waals surface area contributed by atoms with Crippen molar-refractivity contribution in [3.63, 3.8) is 0 Å². The molecule has 0 aromatic rings. The predicted octanol–water partition coefficient (Wildman–Crippen LogP) is 20.0. The van der Waals surface area contributed by atoms with Crippen LogP contribution in [-0.2, 0) is 28.6 Å². The van der Waals surface area contributed by atoms with Gasteiger partial charge in [0.25, 0.3) is 0 Å². The van der Waals surface area contributed by atoms with E-state index in [2.05, 4.69) is 154 Å². The number of rotatable bonds is 51. The van der Waals surface area contributed by atoms with E-state index >= 15 is 0 Å². The lowest BCUT2D eigenvalue weighted by molar-refractivity contribution is -0.166. The average molecular weight is 1010 g/mol. The molecule has 0 fully saturated rings. The van der Waals surface area contributed by atoms with E-state index < -0.39 is 12.1 Å². The summed E-state index contributed by atoms with van der Waals surface area (Å²) in [5.41, 5.74) is 0. The van der Waals surface area contributed by atoms with Crippen molar-refractivity contribution in [2.24, 2.45) is 0 Å². The van der Waals surface area contributed by atoms with Crippen LogP contribution in [0.5, 0.6) is 0 Å². The van der Waals surface area contributed by atoms with Crippen molar-refractivity contribution in [2.45, 2.75) is 245 Å². The summed E-state index contributed by atoms with van der Waals surface area (Å²) in [5, 5.41) is 0. The van der Waals surface area contributed by atoms with Gasteiger partial charge in [0.1, 0.15) is 13.2 Å². The zero-order valence-corrected chi connectivity index (χ0v) is 46.8. The lowest BCUT2D eigenvalue weighted by Crippen LogP contribution is -2.30. The standard InChI is InChI=1S/C67H106O6/c1-4-7-10-13-16-19-22-25-28-31-33-36-39-42-45-48-51-54-57-60-66(69)72-63-64(62-71-65(68)59-56-53-50-47-44-41-38-35-30-27-24-21-18-15-12-9-6-3)73-67(70)61-58-55-52-49-46-43-40-37-34-32-29-26-23-20-17-14-11-8-5-2/h16-17,19-20,25-30,33-34,36-38,41-43,45-47,50,52,55,64H,4-15,18,21-24,31-32,35,39-40,44,48-49,51,53-54,56-63H2,1-3H3/b19-16-,20-17-,28-25-,29-26-,30-27-,36-33-,37-34-,41-38-,45-42-,46-43-,50-47-,55-52-/t64-/m0/s1. The monoisotopic (exact) mass is 1010 g/mol. The summed E-state index contributed by atoms with van der Waals surface area (Å²) in [6.07, 6.45) is 85.7. The van der Waals surface area contributed by atoms with Crippen LogP contribution >= 0.6 is 0 Å². The van der Waals surface area contributed by atoms with E-state index in [1.807, 2.05) is 12.2 Å². The molecule has 0 aromatic carbocycles. The van der Waals surface area contributed by atoms with Crippen LogP contribution in [0.15, 0.2) is 146 Å². The van der Waals surface area contributed by atoms with Gasteiger partial charge in [0.2, 0.25) is 0 Å². The van der Waals surface area contributed by atoms with Crippen molar-refractivity contribution in [1.82, 2.24) is 0 Å². The van der Waals surface area contributed by atoms with E-state index in [0.29, 0.717) is 19.3 Å². The molecule has 0 heterocycles. The second kappa shape index (κ2) is 59.8. The van der Waals surface area contributed by atoms with Crippen LogP contribution in [0.4, 0.5) is 0 Å². The van der Waals surface area contributed by atoms with Gasteiger partial charge in [-0.1, -0.05) is 231 Å². The molecule has 1 atom stereocenters. The second-order valence-electron chi connectivity index (χ2n) is 18.8. The Hall–Kier alpha value is -4.71. The first-order chi connectivity index (χ1) is 36.0. The Labute approximate surface area is 448 Å². The molecule has 0 radical (unpaired) electrons. The summed E-state index contributed by atoms with van der Waals surface area (Å²) in [6.45, 7) is 6.43. The first-order valence-corrected chi connectivity index (χ1v) is 29.3. The fourth-order valence-corrected chi connectivity index (χ4v) is 7.36. The van der Waals surface area contributed by atoms with Gasteiger partial charge in [-0.3, -0.25) is 14.4 Å². The highest BCUT2D eigenvalue weighted by Gasteiger charge is 2.19. The summed E-state index contributed by atoms with van der Waals surface area (Å²) in [6, 6.07) is 0. The third-order valence-corrected chi connectivity index (χ3v) is 11.8. The SMILES string of the molecule is CCCCC/C=C\C/C=C\C/C=C\C/C=C\C/C=C\CCC(=O)O[C@@H](COC(=O)CCC/C=C\C/C=C\C/C=C\CCCCCCCC)COC(=O)CCCCC/C=C\C/C=C\C/C=C\C/C=C\CCCCC. The topological polar surface area (TPSA) is 78.9 Å². The van der Waals surface area contributed by atoms with Crippen molar-refractivity contribution < 1.29 is 28.6 Å². The van der Waals surface area contributed by atoms with E-state index in [0.717, 1.165) is 89.9 Å². The number of carbonyl (C=O) groups excluding carboxylic acids is 3. The van der Waals surface area contributed by atoms with Crippen LogP contribution in [0.2, 0.25) is 0 Å². The minimum absolute atomic E-state index is 0.146. The Morgan fingerprint density at radius 1 is 0.274 bits per heavy atom. The highest BCUT2D eigenvalue weighted by atomic mass is 16.6. The molecule has 73 heavy (non-hydrogen) atoms. The Morgan fingerprint density at radius 3 is 0.904 bits per heavy atom. The molecule has 0 aliphatic rings. The first kappa shape index (κ1) is 68.3. The van der Waals surface area contributed by atoms with Gasteiger partial charge in [0.05, 0.1) is 0 Å². The first-order valence-electron chi connectivity index (χ1n) is 29.3. The van der Waals surface area contributed by atoms with Gasteiger partial charge in [-0.2, -0.15) is 0 Å². The Kier molecular flexibility index (Phi) is 56.0. The summed E-state index contributed by atoms with van der Waals surface area (Å²) < 4.78 is 16.7. The summed E-state index contributed by atoms with van der Waals surface area (Å²) in [7, 11) is 0. The van der Waals surface area contributed by atoms with Crippen molar-refractivity contribution in [1.29, 1.82) is 0 Å². The van der Waals surface area contributed by atoms with Gasteiger partial charge in [-0.25, -0.2) is 0 Å². The minimum Gasteiger partial charge on any atom is -0.462 e. The van der Waals surface area contributed by atoms with Crippen LogP contribution in [0.3, 0.4) is 0 Å². The molecule has 0 saturated carbocycles. The van der Waals surface area contributed by atoms with Crippen LogP contribution < -0.4 is 0 Å². The maximum Gasteiger partial charge on any atom is 0.306 e. The number of unbranched alkanes of at least 4 members (excludes halogenated alkanes) is 16. The van der Waals surface area contributed by atoms with Crippen LogP contribution in [0, 0.1) is 0 Å². The molecular weight excluding hydrogens is 901 g/mol. The quantitative estimate of drug-likeness (QED) is 0.0261. The smallest absolute Gasteiger partial charge is 0.306 e. The van der Waals surface area contributed by atoms with E-state index in [4.69, 9.17) is 14.2 Å². The van der Waals surface area contributed by atoms with Gasteiger partial charge in [0, 0.05) is 19.3 Å². The zero-order valence-electron chi connectivity index (χ0n) is 46.8. The van der Waals surface area contributed by atoms with E-state index in [1.54, 1.807) is 0 Å². The van der Waals surface area contributed by atoms with E-state index in [9.17, 15) is 14.4 Å². The minimum atomic E-state index is -0.859. The van der Waals surface area contributed by atoms with Crippen molar-refractivity contribution in [3.8, 4) is 0 Å². The predicted molar refractivity (Wildman–Crippen MR) is 315 cm³/mol. The molecular formula is C67H106O6. The number of hydrogen-bond donors (Lipinski definition) is 0. The number of allylic oxidation sites excluding steroid dienone is 24. The van der Waals surface area contributed by atoms with Gasteiger partial charge >= 0.3 is 17.9 Å². The summed E-state index contributed by atoms with van der Waals surface area (Å²) in [4.78, 5) is 38.1. The van der Waals surface area contributed by atoms with Crippen molar-refractivity contribution >= 4 is 17.9 Å². The number of carbonyl (C=O) groups is 3. The number of esters is 3. The lowest BCUT2D eigenvalue weighted by Gasteiger charge is -2.18. The van der Waals surface area contributed by atoms with Crippen molar-refractivity contribution in [2.75, 3.05) is 13.2 Å². The molecule has 0 aromatic heterocycles. The Balaban J connectivity index is 4.66. The highest BCUT2D eigenvalue weighted by molar-refractivity contribution is 5.71. The lowest BCUT2D eigenvalue weighted by atomic mass is 10.1. The average Bonchev–Trinajstić information content (AvgIpc) is 3.39. The molecule has 0 amide bonds. The fraction of sp³-hybridized carbons (Fsp3) is 0.597. The largest absolute Gasteiger partial charge is 0.462 e. The normalized spacial score (nSPS) is 13.2. The Morgan fingerprint density at radius 2 is 0.534 bits per heavy atom. The Bertz CT molecular complexity index is 1630. The molecule has 410 valence electrons. The summed E-state index contributed by atoms with van der Waals surface area (Å²) in [5.74, 6) is -1.12. The maximum absolute atomic E-state index is 12.8. The maximum atomic E-state index is 12.8. The molecule has 0 spiro atoms. The molecule has 6 nitrogen and oxygen atoms in total. The molecule has 0 N–H and O–H groups in total. The van der Waals surface area contributed by atoms with Gasteiger partial charge in [-0.15, -0.1) is 0 Å². The second-order valence-corrected chi connectivity index (χ2v) is 18.8. The van der Waals surface area contributed by atoms with Gasteiger partial charge < -0.3 is 14.2 Å². The van der Waals surface area contributed by atoms with Crippen LogP contribution in [0.1, 0.15) is 239 Å². The third kappa shape index (κ3) is 58.1. The van der Waals surface area contributed by atoms with Crippen LogP contribution in [-0.4, -0.2) is 37.2 Å². The van der Waals surface area contributed by atoms with E-state index in [-0.39, 0.29) is 38.0 Å². The van der Waals surface area contributed by atoms with Gasteiger partial charge in [0.15, 0.2) is 6.10 Å². The highest BCUT2D eigenvalue weighted by Crippen LogP contribution is 2.11. The fourth-order valence-electron chi connectivity index (χ4n) is 7.36. The molecule has 0 unspecified atom stereocenters. The van der Waals surface area contributed by atoms with Gasteiger partial charge in [-0.05, 0) is 135 Å².